The van der Waals surface area contributed by atoms with Gasteiger partial charge in [-0.3, -0.25) is 4.79 Å². The summed E-state index contributed by atoms with van der Waals surface area (Å²) in [5.74, 6) is 8.43. The maximum absolute atomic E-state index is 12.2. The molecule has 0 fully saturated rings. The van der Waals surface area contributed by atoms with Gasteiger partial charge in [0.2, 0.25) is 11.1 Å². The first-order valence-corrected chi connectivity index (χ1v) is 10.4. The highest BCUT2D eigenvalue weighted by Gasteiger charge is 2.13. The van der Waals surface area contributed by atoms with Crippen molar-refractivity contribution in [3.05, 3.63) is 59.9 Å². The van der Waals surface area contributed by atoms with Crippen molar-refractivity contribution in [1.29, 1.82) is 0 Å². The van der Waals surface area contributed by atoms with E-state index < -0.39 is 0 Å². The van der Waals surface area contributed by atoms with Gasteiger partial charge in [0.1, 0.15) is 18.1 Å². The van der Waals surface area contributed by atoms with E-state index in [4.69, 9.17) is 15.3 Å². The molecular formula is C21H25N5O3S. The summed E-state index contributed by atoms with van der Waals surface area (Å²) in [5, 5.41) is 11.3. The summed E-state index contributed by atoms with van der Waals surface area (Å²) in [4.78, 5) is 12.2. The second kappa shape index (κ2) is 10.0. The van der Waals surface area contributed by atoms with Crippen LogP contribution in [-0.2, 0) is 11.4 Å². The Morgan fingerprint density at radius 1 is 1.10 bits per heavy atom. The fraction of sp³-hybridized carbons (Fsp3) is 0.286. The molecule has 9 heteroatoms. The summed E-state index contributed by atoms with van der Waals surface area (Å²) in [6.07, 6.45) is 0. The van der Waals surface area contributed by atoms with E-state index in [1.807, 2.05) is 24.3 Å². The lowest BCUT2D eigenvalue weighted by Crippen LogP contribution is -2.18. The van der Waals surface area contributed by atoms with Crippen LogP contribution in [0, 0.1) is 0 Å². The average molecular weight is 428 g/mol. The Morgan fingerprint density at radius 3 is 2.40 bits per heavy atom. The molecule has 0 aliphatic carbocycles. The Balaban J connectivity index is 1.50. The first-order valence-electron chi connectivity index (χ1n) is 9.45. The van der Waals surface area contributed by atoms with Crippen LogP contribution in [0.2, 0.25) is 0 Å². The van der Waals surface area contributed by atoms with Crippen molar-refractivity contribution in [2.75, 3.05) is 24.0 Å². The van der Waals surface area contributed by atoms with Gasteiger partial charge in [0, 0.05) is 5.69 Å². The summed E-state index contributed by atoms with van der Waals surface area (Å²) in [5.41, 5.74) is 1.93. The van der Waals surface area contributed by atoms with Gasteiger partial charge in [-0.2, -0.15) is 0 Å². The minimum Gasteiger partial charge on any atom is -0.497 e. The average Bonchev–Trinajstić information content (AvgIpc) is 3.11. The molecule has 3 aromatic rings. The number of rotatable bonds is 9. The largest absolute Gasteiger partial charge is 0.497 e. The number of benzene rings is 2. The maximum atomic E-state index is 12.2. The molecule has 0 bridgehead atoms. The summed E-state index contributed by atoms with van der Waals surface area (Å²) in [6.45, 7) is 4.47. The summed E-state index contributed by atoms with van der Waals surface area (Å²) < 4.78 is 12.2. The molecule has 0 atom stereocenters. The van der Waals surface area contributed by atoms with Crippen molar-refractivity contribution in [1.82, 2.24) is 14.9 Å². The molecule has 3 N–H and O–H groups in total. The lowest BCUT2D eigenvalue weighted by atomic mass is 10.0. The van der Waals surface area contributed by atoms with E-state index in [0.29, 0.717) is 22.6 Å². The van der Waals surface area contributed by atoms with Gasteiger partial charge in [-0.05, 0) is 47.9 Å². The molecule has 1 heterocycles. The molecule has 0 aliphatic heterocycles. The van der Waals surface area contributed by atoms with Crippen LogP contribution in [0.15, 0.2) is 53.7 Å². The first-order chi connectivity index (χ1) is 14.5. The number of hydrogen-bond acceptors (Lipinski definition) is 7. The topological polar surface area (TPSA) is 104 Å². The molecule has 158 valence electrons. The number of anilines is 1. The molecule has 0 saturated heterocycles. The van der Waals surface area contributed by atoms with E-state index in [0.717, 1.165) is 11.5 Å². The number of methoxy groups -OCH3 is 1. The number of aromatic nitrogens is 3. The summed E-state index contributed by atoms with van der Waals surface area (Å²) in [7, 11) is 1.59. The molecule has 8 nitrogen and oxygen atoms in total. The predicted octanol–water partition coefficient (Wildman–Crippen LogP) is 3.43. The maximum Gasteiger partial charge on any atom is 0.234 e. The summed E-state index contributed by atoms with van der Waals surface area (Å²) >= 11 is 1.20. The Morgan fingerprint density at radius 2 is 1.77 bits per heavy atom. The van der Waals surface area contributed by atoms with Crippen LogP contribution in [-0.4, -0.2) is 33.6 Å². The zero-order valence-corrected chi connectivity index (χ0v) is 18.0. The molecule has 0 radical (unpaired) electrons. The van der Waals surface area contributed by atoms with E-state index in [2.05, 4.69) is 29.4 Å². The highest BCUT2D eigenvalue weighted by atomic mass is 32.2. The van der Waals surface area contributed by atoms with Gasteiger partial charge in [-0.1, -0.05) is 37.7 Å². The van der Waals surface area contributed by atoms with Gasteiger partial charge in [0.15, 0.2) is 5.82 Å². The summed E-state index contributed by atoms with van der Waals surface area (Å²) in [6, 6.07) is 15.0. The van der Waals surface area contributed by atoms with Crippen LogP contribution in [0.25, 0.3) is 0 Å². The van der Waals surface area contributed by atoms with Gasteiger partial charge in [0.05, 0.1) is 12.9 Å². The number of thioether (sulfide) groups is 1. The van der Waals surface area contributed by atoms with E-state index in [-0.39, 0.29) is 18.3 Å². The van der Waals surface area contributed by atoms with E-state index in [1.54, 1.807) is 31.4 Å². The standard InChI is InChI=1S/C21H25N5O3S/c1-14(2)15-4-8-18(9-5-15)29-12-19-24-25-21(26(19)22)30-13-20(27)23-16-6-10-17(28-3)11-7-16/h4-11,14H,12-13,22H2,1-3H3,(H,23,27). The number of nitrogens with two attached hydrogens (primary N) is 1. The van der Waals surface area contributed by atoms with Gasteiger partial charge in [-0.15, -0.1) is 10.2 Å². The third-order valence-corrected chi connectivity index (χ3v) is 5.30. The van der Waals surface area contributed by atoms with Crippen molar-refractivity contribution in [3.63, 3.8) is 0 Å². The lowest BCUT2D eigenvalue weighted by Gasteiger charge is -2.09. The van der Waals surface area contributed by atoms with E-state index in [1.165, 1.54) is 22.0 Å². The zero-order chi connectivity index (χ0) is 21.5. The molecule has 0 aliphatic rings. The number of ether oxygens (including phenoxy) is 2. The van der Waals surface area contributed by atoms with Crippen LogP contribution in [0.4, 0.5) is 5.69 Å². The Bertz CT molecular complexity index is 971. The van der Waals surface area contributed by atoms with Gasteiger partial charge in [0.25, 0.3) is 0 Å². The molecule has 2 aromatic carbocycles. The van der Waals surface area contributed by atoms with Crippen molar-refractivity contribution in [2.24, 2.45) is 0 Å². The zero-order valence-electron chi connectivity index (χ0n) is 17.2. The Hall–Kier alpha value is -3.20. The number of nitrogens with zero attached hydrogens (tertiary/aromatic N) is 3. The number of amides is 1. The van der Waals surface area contributed by atoms with E-state index in [9.17, 15) is 4.79 Å². The molecule has 1 amide bonds. The molecular weight excluding hydrogens is 402 g/mol. The van der Waals surface area contributed by atoms with Crippen molar-refractivity contribution < 1.29 is 14.3 Å². The molecule has 30 heavy (non-hydrogen) atoms. The third kappa shape index (κ3) is 5.66. The Labute approximate surface area is 179 Å². The second-order valence-corrected chi connectivity index (χ2v) is 7.79. The molecule has 0 unspecified atom stereocenters. The SMILES string of the molecule is COc1ccc(NC(=O)CSc2nnc(COc3ccc(C(C)C)cc3)n2N)cc1. The molecule has 1 aromatic heterocycles. The van der Waals surface area contributed by atoms with Gasteiger partial charge in [-0.25, -0.2) is 4.68 Å². The number of carbonyl (C=O) groups is 1. The van der Waals surface area contributed by atoms with Crippen LogP contribution >= 0.6 is 11.8 Å². The monoisotopic (exact) mass is 427 g/mol. The minimum atomic E-state index is -0.170. The highest BCUT2D eigenvalue weighted by Crippen LogP contribution is 2.20. The molecule has 0 spiro atoms. The first kappa shape index (κ1) is 21.5. The number of nitrogens with one attached hydrogen (secondary N) is 1. The van der Waals surface area contributed by atoms with Crippen molar-refractivity contribution in [3.8, 4) is 11.5 Å². The normalized spacial score (nSPS) is 10.8. The third-order valence-electron chi connectivity index (χ3n) is 4.36. The van der Waals surface area contributed by atoms with Gasteiger partial charge >= 0.3 is 0 Å². The smallest absolute Gasteiger partial charge is 0.234 e. The minimum absolute atomic E-state index is 0.152. The van der Waals surface area contributed by atoms with E-state index >= 15 is 0 Å². The number of nitrogen functional groups attached to an aromatic ring is 1. The molecule has 0 saturated carbocycles. The highest BCUT2D eigenvalue weighted by molar-refractivity contribution is 7.99. The van der Waals surface area contributed by atoms with Crippen LogP contribution in [0.1, 0.15) is 31.2 Å². The quantitative estimate of drug-likeness (QED) is 0.398. The molecule has 3 rings (SSSR count). The van der Waals surface area contributed by atoms with Crippen molar-refractivity contribution in [2.45, 2.75) is 31.5 Å². The number of hydrogen-bond donors (Lipinski definition) is 2. The fourth-order valence-corrected chi connectivity index (χ4v) is 3.28. The fourth-order valence-electron chi connectivity index (χ4n) is 2.60. The van der Waals surface area contributed by atoms with Gasteiger partial charge < -0.3 is 20.6 Å². The lowest BCUT2D eigenvalue weighted by molar-refractivity contribution is -0.113. The Kier molecular flexibility index (Phi) is 7.18. The van der Waals surface area contributed by atoms with Crippen LogP contribution in [0.3, 0.4) is 0 Å². The second-order valence-electron chi connectivity index (χ2n) is 6.85. The number of carbonyl (C=O) groups excluding carboxylic acids is 1. The van der Waals surface area contributed by atoms with Crippen LogP contribution < -0.4 is 20.6 Å². The van der Waals surface area contributed by atoms with Crippen LogP contribution in [0.5, 0.6) is 11.5 Å². The van der Waals surface area contributed by atoms with Crippen molar-refractivity contribution >= 4 is 23.4 Å². The predicted molar refractivity (Wildman–Crippen MR) is 117 cm³/mol.